The molecule has 0 saturated carbocycles. The molecule has 0 radical (unpaired) electrons. The van der Waals surface area contributed by atoms with Gasteiger partial charge < -0.3 is 10.1 Å². The molecule has 1 aromatic heterocycles. The molecule has 1 rings (SSSR count). The van der Waals surface area contributed by atoms with E-state index in [2.05, 4.69) is 47.0 Å². The molecule has 0 saturated heterocycles. The van der Waals surface area contributed by atoms with Gasteiger partial charge in [-0.25, -0.2) is 4.98 Å². The Morgan fingerprint density at radius 3 is 2.69 bits per heavy atom. The van der Waals surface area contributed by atoms with E-state index in [1.807, 2.05) is 12.3 Å². The van der Waals surface area contributed by atoms with Gasteiger partial charge in [0.1, 0.15) is 5.82 Å². The van der Waals surface area contributed by atoms with E-state index in [0.717, 1.165) is 10.3 Å². The molecule has 16 heavy (non-hydrogen) atoms. The number of nitrogens with one attached hydrogen (secondary N) is 1. The summed E-state index contributed by atoms with van der Waals surface area (Å²) in [7, 11) is 1.72. The summed E-state index contributed by atoms with van der Waals surface area (Å²) in [6.45, 7) is 7.08. The van der Waals surface area contributed by atoms with Gasteiger partial charge in [-0.05, 0) is 40.4 Å². The van der Waals surface area contributed by atoms with Crippen molar-refractivity contribution in [2.45, 2.75) is 26.8 Å². The highest BCUT2D eigenvalue weighted by molar-refractivity contribution is 9.10. The monoisotopic (exact) mass is 286 g/mol. The van der Waals surface area contributed by atoms with Gasteiger partial charge in [-0.1, -0.05) is 13.8 Å². The van der Waals surface area contributed by atoms with E-state index in [9.17, 15) is 0 Å². The lowest BCUT2D eigenvalue weighted by molar-refractivity contribution is 0.171. The zero-order valence-corrected chi connectivity index (χ0v) is 11.8. The van der Waals surface area contributed by atoms with Crippen LogP contribution in [0.25, 0.3) is 0 Å². The maximum absolute atomic E-state index is 5.19. The smallest absolute Gasteiger partial charge is 0.126 e. The van der Waals surface area contributed by atoms with Crippen LogP contribution < -0.4 is 5.32 Å². The molecule has 0 spiro atoms. The van der Waals surface area contributed by atoms with Gasteiger partial charge in [0.15, 0.2) is 0 Å². The van der Waals surface area contributed by atoms with Crippen molar-refractivity contribution in [3.05, 3.63) is 22.3 Å². The van der Waals surface area contributed by atoms with Crippen LogP contribution in [0.3, 0.4) is 0 Å². The van der Waals surface area contributed by atoms with Gasteiger partial charge in [0, 0.05) is 17.8 Å². The number of nitrogens with zero attached hydrogens (tertiary/aromatic N) is 1. The fourth-order valence-electron chi connectivity index (χ4n) is 1.39. The SMILES string of the molecule is COCC(Nc1cc(C)c(Br)cn1)C(C)C. The average molecular weight is 287 g/mol. The number of pyridine rings is 1. The summed E-state index contributed by atoms with van der Waals surface area (Å²) in [6.07, 6.45) is 1.82. The van der Waals surface area contributed by atoms with Gasteiger partial charge in [-0.3, -0.25) is 0 Å². The predicted molar refractivity (Wildman–Crippen MR) is 70.8 cm³/mol. The Morgan fingerprint density at radius 2 is 2.19 bits per heavy atom. The quantitative estimate of drug-likeness (QED) is 0.902. The highest BCUT2D eigenvalue weighted by Gasteiger charge is 2.13. The van der Waals surface area contributed by atoms with Crippen LogP contribution in [-0.2, 0) is 4.74 Å². The highest BCUT2D eigenvalue weighted by atomic mass is 79.9. The van der Waals surface area contributed by atoms with Crippen LogP contribution >= 0.6 is 15.9 Å². The molecule has 0 aliphatic rings. The van der Waals surface area contributed by atoms with Gasteiger partial charge >= 0.3 is 0 Å². The molecular weight excluding hydrogens is 268 g/mol. The van der Waals surface area contributed by atoms with Crippen LogP contribution in [0.1, 0.15) is 19.4 Å². The summed E-state index contributed by atoms with van der Waals surface area (Å²) in [5, 5.41) is 3.39. The molecule has 90 valence electrons. The normalized spacial score (nSPS) is 12.9. The summed E-state index contributed by atoms with van der Waals surface area (Å²) in [4.78, 5) is 4.33. The third-order valence-electron chi connectivity index (χ3n) is 2.53. The highest BCUT2D eigenvalue weighted by Crippen LogP contribution is 2.18. The Morgan fingerprint density at radius 1 is 1.50 bits per heavy atom. The summed E-state index contributed by atoms with van der Waals surface area (Å²) in [5.74, 6) is 1.40. The molecule has 1 N–H and O–H groups in total. The number of rotatable bonds is 5. The third-order valence-corrected chi connectivity index (χ3v) is 3.36. The van der Waals surface area contributed by atoms with Crippen LogP contribution in [0, 0.1) is 12.8 Å². The number of halogens is 1. The van der Waals surface area contributed by atoms with Gasteiger partial charge in [0.25, 0.3) is 0 Å². The lowest BCUT2D eigenvalue weighted by Crippen LogP contribution is -2.30. The number of ether oxygens (including phenoxy) is 1. The van der Waals surface area contributed by atoms with Crippen LogP contribution in [0.15, 0.2) is 16.7 Å². The first kappa shape index (κ1) is 13.5. The molecule has 3 nitrogen and oxygen atoms in total. The van der Waals surface area contributed by atoms with Crippen molar-refractivity contribution in [3.8, 4) is 0 Å². The van der Waals surface area contributed by atoms with Crippen molar-refractivity contribution >= 4 is 21.7 Å². The second kappa shape index (κ2) is 6.21. The molecule has 1 atom stereocenters. The van der Waals surface area contributed by atoms with Crippen LogP contribution in [0.2, 0.25) is 0 Å². The van der Waals surface area contributed by atoms with Crippen molar-refractivity contribution in [2.24, 2.45) is 5.92 Å². The van der Waals surface area contributed by atoms with E-state index >= 15 is 0 Å². The van der Waals surface area contributed by atoms with Crippen molar-refractivity contribution in [2.75, 3.05) is 19.0 Å². The van der Waals surface area contributed by atoms with Gasteiger partial charge in [0.2, 0.25) is 0 Å². The Kier molecular flexibility index (Phi) is 5.22. The standard InChI is InChI=1S/C12H19BrN2O/c1-8(2)11(7-16-4)15-12-5-9(3)10(13)6-14-12/h5-6,8,11H,7H2,1-4H3,(H,14,15). The predicted octanol–water partition coefficient (Wildman–Crippen LogP) is 3.24. The van der Waals surface area contributed by atoms with Gasteiger partial charge in [0.05, 0.1) is 12.6 Å². The molecule has 4 heteroatoms. The second-order valence-corrected chi connectivity index (χ2v) is 5.12. The molecule has 1 aromatic rings. The molecule has 1 heterocycles. The van der Waals surface area contributed by atoms with E-state index in [0.29, 0.717) is 12.5 Å². The van der Waals surface area contributed by atoms with E-state index in [-0.39, 0.29) is 6.04 Å². The largest absolute Gasteiger partial charge is 0.383 e. The zero-order valence-electron chi connectivity index (χ0n) is 10.2. The minimum atomic E-state index is 0.290. The lowest BCUT2D eigenvalue weighted by Gasteiger charge is -2.22. The Bertz CT molecular complexity index is 342. The lowest BCUT2D eigenvalue weighted by atomic mass is 10.1. The fraction of sp³-hybridized carbons (Fsp3) is 0.583. The number of hydrogen-bond donors (Lipinski definition) is 1. The summed E-state index contributed by atoms with van der Waals surface area (Å²) >= 11 is 3.44. The number of aryl methyl sites for hydroxylation is 1. The summed E-state index contributed by atoms with van der Waals surface area (Å²) in [6, 6.07) is 2.33. The molecule has 0 aliphatic heterocycles. The number of methoxy groups -OCH3 is 1. The molecule has 0 fully saturated rings. The van der Waals surface area contributed by atoms with Crippen LogP contribution in [0.5, 0.6) is 0 Å². The topological polar surface area (TPSA) is 34.1 Å². The minimum Gasteiger partial charge on any atom is -0.383 e. The molecule has 0 aromatic carbocycles. The molecule has 0 bridgehead atoms. The number of anilines is 1. The number of hydrogen-bond acceptors (Lipinski definition) is 3. The first-order valence-electron chi connectivity index (χ1n) is 5.42. The molecule has 0 aliphatic carbocycles. The van der Waals surface area contributed by atoms with Crippen molar-refractivity contribution < 1.29 is 4.74 Å². The van der Waals surface area contributed by atoms with Crippen molar-refractivity contribution in [1.29, 1.82) is 0 Å². The first-order valence-corrected chi connectivity index (χ1v) is 6.21. The van der Waals surface area contributed by atoms with Gasteiger partial charge in [-0.2, -0.15) is 0 Å². The molecular formula is C12H19BrN2O. The Labute approximate surface area is 106 Å². The van der Waals surface area contributed by atoms with E-state index in [4.69, 9.17) is 4.74 Å². The van der Waals surface area contributed by atoms with Crippen molar-refractivity contribution in [3.63, 3.8) is 0 Å². The van der Waals surface area contributed by atoms with E-state index in [1.54, 1.807) is 7.11 Å². The average Bonchev–Trinajstić information content (AvgIpc) is 2.22. The first-order chi connectivity index (χ1) is 7.54. The Hall–Kier alpha value is -0.610. The van der Waals surface area contributed by atoms with Crippen LogP contribution in [-0.4, -0.2) is 24.7 Å². The van der Waals surface area contributed by atoms with Crippen LogP contribution in [0.4, 0.5) is 5.82 Å². The van der Waals surface area contributed by atoms with E-state index in [1.165, 1.54) is 5.56 Å². The molecule has 0 amide bonds. The van der Waals surface area contributed by atoms with E-state index < -0.39 is 0 Å². The fourth-order valence-corrected chi connectivity index (χ4v) is 1.61. The maximum atomic E-state index is 5.19. The maximum Gasteiger partial charge on any atom is 0.126 e. The molecule has 1 unspecified atom stereocenters. The summed E-state index contributed by atoms with van der Waals surface area (Å²) in [5.41, 5.74) is 1.18. The third kappa shape index (κ3) is 3.76. The Balaban J connectivity index is 2.73. The number of aromatic nitrogens is 1. The van der Waals surface area contributed by atoms with Crippen molar-refractivity contribution in [1.82, 2.24) is 4.98 Å². The summed E-state index contributed by atoms with van der Waals surface area (Å²) < 4.78 is 6.23. The zero-order chi connectivity index (χ0) is 12.1. The minimum absolute atomic E-state index is 0.290. The van der Waals surface area contributed by atoms with Gasteiger partial charge in [-0.15, -0.1) is 0 Å². The second-order valence-electron chi connectivity index (χ2n) is 4.27.